The Labute approximate surface area is 105 Å². The summed E-state index contributed by atoms with van der Waals surface area (Å²) in [7, 11) is 0. The predicted octanol–water partition coefficient (Wildman–Crippen LogP) is 3.77. The summed E-state index contributed by atoms with van der Waals surface area (Å²) in [6, 6.07) is 9.74. The molecular weight excluding hydrogens is 231 g/mol. The molecule has 0 aliphatic rings. The van der Waals surface area contributed by atoms with Gasteiger partial charge in [-0.25, -0.2) is 4.39 Å². The van der Waals surface area contributed by atoms with Gasteiger partial charge in [-0.2, -0.15) is 5.26 Å². The number of aryl methyl sites for hydroxylation is 1. The third-order valence-corrected chi connectivity index (χ3v) is 2.60. The molecule has 1 N–H and O–H groups in total. The van der Waals surface area contributed by atoms with Crippen LogP contribution in [0.5, 0.6) is 0 Å². The van der Waals surface area contributed by atoms with Crippen molar-refractivity contribution in [1.29, 1.82) is 5.26 Å². The zero-order valence-electron chi connectivity index (χ0n) is 10.2. The van der Waals surface area contributed by atoms with Crippen LogP contribution in [-0.2, 0) is 0 Å². The Balaban J connectivity index is 2.19. The van der Waals surface area contributed by atoms with Crippen LogP contribution in [-0.4, -0.2) is 0 Å². The number of hydrogen-bond acceptors (Lipinski definition) is 3. The molecule has 3 nitrogen and oxygen atoms in total. The molecule has 0 amide bonds. The molecule has 2 aromatic rings. The monoisotopic (exact) mass is 244 g/mol. The van der Waals surface area contributed by atoms with Crippen molar-refractivity contribution in [3.63, 3.8) is 0 Å². The van der Waals surface area contributed by atoms with Crippen LogP contribution in [0.2, 0.25) is 0 Å². The number of furan rings is 1. The molecule has 0 radical (unpaired) electrons. The summed E-state index contributed by atoms with van der Waals surface area (Å²) >= 11 is 0. The molecule has 18 heavy (non-hydrogen) atoms. The van der Waals surface area contributed by atoms with Gasteiger partial charge in [0, 0.05) is 5.69 Å². The lowest BCUT2D eigenvalue weighted by atomic mass is 10.2. The average Bonchev–Trinajstić information content (AvgIpc) is 2.75. The number of hydrogen-bond donors (Lipinski definition) is 1. The highest BCUT2D eigenvalue weighted by Gasteiger charge is 2.10. The summed E-state index contributed by atoms with van der Waals surface area (Å²) < 4.78 is 18.7. The minimum atomic E-state index is -0.431. The van der Waals surface area contributed by atoms with Crippen LogP contribution >= 0.6 is 0 Å². The molecule has 0 saturated heterocycles. The Kier molecular flexibility index (Phi) is 3.33. The van der Waals surface area contributed by atoms with Crippen molar-refractivity contribution in [3.8, 4) is 6.07 Å². The average molecular weight is 244 g/mol. The SMILES string of the molecule is Cc1ccc(C(C)Nc2cc(F)cc(C#N)c2)o1. The van der Waals surface area contributed by atoms with E-state index in [1.54, 1.807) is 6.07 Å². The van der Waals surface area contributed by atoms with Crippen LogP contribution in [0.1, 0.15) is 30.0 Å². The number of nitriles is 1. The van der Waals surface area contributed by atoms with E-state index in [-0.39, 0.29) is 6.04 Å². The number of nitrogens with zero attached hydrogens (tertiary/aromatic N) is 1. The van der Waals surface area contributed by atoms with Crippen molar-refractivity contribution in [2.45, 2.75) is 19.9 Å². The zero-order valence-corrected chi connectivity index (χ0v) is 10.2. The highest BCUT2D eigenvalue weighted by atomic mass is 19.1. The quantitative estimate of drug-likeness (QED) is 0.894. The first kappa shape index (κ1) is 12.2. The highest BCUT2D eigenvalue weighted by Crippen LogP contribution is 2.22. The lowest BCUT2D eigenvalue weighted by molar-refractivity contribution is 0.467. The maximum absolute atomic E-state index is 13.3. The lowest BCUT2D eigenvalue weighted by Crippen LogP contribution is -2.06. The Morgan fingerprint density at radius 2 is 2.11 bits per heavy atom. The van der Waals surface area contributed by atoms with Crippen LogP contribution in [0.25, 0.3) is 0 Å². The summed E-state index contributed by atoms with van der Waals surface area (Å²) in [5, 5.41) is 11.9. The number of rotatable bonds is 3. The number of benzene rings is 1. The molecule has 0 aliphatic carbocycles. The minimum absolute atomic E-state index is 0.0907. The fraction of sp³-hybridized carbons (Fsp3) is 0.214. The van der Waals surface area contributed by atoms with Gasteiger partial charge in [0.15, 0.2) is 0 Å². The van der Waals surface area contributed by atoms with E-state index in [0.29, 0.717) is 11.3 Å². The molecular formula is C14H13FN2O. The van der Waals surface area contributed by atoms with Crippen LogP contribution in [0.15, 0.2) is 34.7 Å². The second-order valence-corrected chi connectivity index (χ2v) is 4.15. The highest BCUT2D eigenvalue weighted by molar-refractivity contribution is 5.50. The van der Waals surface area contributed by atoms with E-state index >= 15 is 0 Å². The van der Waals surface area contributed by atoms with Crippen LogP contribution in [0, 0.1) is 24.1 Å². The van der Waals surface area contributed by atoms with Crippen LogP contribution in [0.3, 0.4) is 0 Å². The van der Waals surface area contributed by atoms with Gasteiger partial charge in [0.25, 0.3) is 0 Å². The molecule has 1 atom stereocenters. The second-order valence-electron chi connectivity index (χ2n) is 4.15. The van der Waals surface area contributed by atoms with Crippen molar-refractivity contribution in [2.24, 2.45) is 0 Å². The van der Waals surface area contributed by atoms with Gasteiger partial charge in [0.05, 0.1) is 17.7 Å². The van der Waals surface area contributed by atoms with Crippen molar-refractivity contribution in [3.05, 3.63) is 53.2 Å². The molecule has 0 aliphatic heterocycles. The molecule has 0 fully saturated rings. The second kappa shape index (κ2) is 4.92. The molecule has 1 aromatic carbocycles. The molecule has 1 unspecified atom stereocenters. The summed E-state index contributed by atoms with van der Waals surface area (Å²) in [5.41, 5.74) is 0.855. The molecule has 1 aromatic heterocycles. The van der Waals surface area contributed by atoms with Crippen LogP contribution < -0.4 is 5.32 Å². The van der Waals surface area contributed by atoms with E-state index in [1.807, 2.05) is 32.0 Å². The van der Waals surface area contributed by atoms with Crippen molar-refractivity contribution >= 4 is 5.69 Å². The van der Waals surface area contributed by atoms with Gasteiger partial charge >= 0.3 is 0 Å². The van der Waals surface area contributed by atoms with Gasteiger partial charge in [-0.3, -0.25) is 0 Å². The summed E-state index contributed by atoms with van der Waals surface area (Å²) in [6.07, 6.45) is 0. The fourth-order valence-electron chi connectivity index (χ4n) is 1.74. The summed E-state index contributed by atoms with van der Waals surface area (Å²) in [5.74, 6) is 1.17. The molecule has 0 bridgehead atoms. The molecule has 0 spiro atoms. The normalized spacial score (nSPS) is 11.9. The van der Waals surface area contributed by atoms with Gasteiger partial charge in [-0.15, -0.1) is 0 Å². The molecule has 0 saturated carbocycles. The predicted molar refractivity (Wildman–Crippen MR) is 66.6 cm³/mol. The zero-order chi connectivity index (χ0) is 13.1. The molecule has 1 heterocycles. The van der Waals surface area contributed by atoms with Gasteiger partial charge < -0.3 is 9.73 Å². The third-order valence-electron chi connectivity index (χ3n) is 2.60. The molecule has 2 rings (SSSR count). The molecule has 4 heteroatoms. The lowest BCUT2D eigenvalue weighted by Gasteiger charge is -2.13. The third kappa shape index (κ3) is 2.69. The summed E-state index contributed by atoms with van der Waals surface area (Å²) in [4.78, 5) is 0. The van der Waals surface area contributed by atoms with E-state index < -0.39 is 5.82 Å². The van der Waals surface area contributed by atoms with E-state index in [9.17, 15) is 4.39 Å². The Hall–Kier alpha value is -2.28. The van der Waals surface area contributed by atoms with E-state index in [0.717, 1.165) is 11.5 Å². The van der Waals surface area contributed by atoms with E-state index in [1.165, 1.54) is 12.1 Å². The largest absolute Gasteiger partial charge is 0.464 e. The van der Waals surface area contributed by atoms with Crippen LogP contribution in [0.4, 0.5) is 10.1 Å². The first-order valence-electron chi connectivity index (χ1n) is 5.62. The number of nitrogens with one attached hydrogen (secondary N) is 1. The van der Waals surface area contributed by atoms with E-state index in [4.69, 9.17) is 9.68 Å². The van der Waals surface area contributed by atoms with Crippen molar-refractivity contribution in [2.75, 3.05) is 5.32 Å². The van der Waals surface area contributed by atoms with Gasteiger partial charge in [-0.05, 0) is 44.2 Å². The Morgan fingerprint density at radius 3 is 2.72 bits per heavy atom. The number of halogens is 1. The Bertz CT molecular complexity index is 598. The minimum Gasteiger partial charge on any atom is -0.464 e. The standard InChI is InChI=1S/C14H13FN2O/c1-9-3-4-14(18-9)10(2)17-13-6-11(8-16)5-12(15)7-13/h3-7,10,17H,1-2H3. The first-order valence-corrected chi connectivity index (χ1v) is 5.62. The van der Waals surface area contributed by atoms with Gasteiger partial charge in [0.2, 0.25) is 0 Å². The van der Waals surface area contributed by atoms with Crippen molar-refractivity contribution < 1.29 is 8.81 Å². The number of anilines is 1. The first-order chi connectivity index (χ1) is 8.58. The smallest absolute Gasteiger partial charge is 0.126 e. The molecule has 92 valence electrons. The van der Waals surface area contributed by atoms with Crippen molar-refractivity contribution in [1.82, 2.24) is 0 Å². The topological polar surface area (TPSA) is 49.0 Å². The summed E-state index contributed by atoms with van der Waals surface area (Å²) in [6.45, 7) is 3.78. The van der Waals surface area contributed by atoms with E-state index in [2.05, 4.69) is 5.32 Å². The Morgan fingerprint density at radius 1 is 1.33 bits per heavy atom. The fourth-order valence-corrected chi connectivity index (χ4v) is 1.74. The van der Waals surface area contributed by atoms with Gasteiger partial charge in [0.1, 0.15) is 17.3 Å². The van der Waals surface area contributed by atoms with Gasteiger partial charge in [-0.1, -0.05) is 0 Å². The maximum Gasteiger partial charge on any atom is 0.126 e. The maximum atomic E-state index is 13.3.